The van der Waals surface area contributed by atoms with Gasteiger partial charge in [0.1, 0.15) is 23.7 Å². The Bertz CT molecular complexity index is 1360. The number of nitrogens with one attached hydrogen (secondary N) is 1. The average Bonchev–Trinajstić information content (AvgIpc) is 2.88. The molecule has 212 valence electrons. The molecule has 2 N–H and O–H groups in total. The SMILES string of the molecule is C=C(/N=C1/CN(c2cnc3c(c2C)N(C(=O)OC(C)(C)C)CCO3)CC/C1=C/C)Nc1ccc(CC(=O)O)cc1. The predicted octanol–water partition coefficient (Wildman–Crippen LogP) is 5.33. The molecule has 1 aromatic carbocycles. The number of carboxylic acids is 1. The van der Waals surface area contributed by atoms with E-state index in [0.29, 0.717) is 37.1 Å². The molecule has 0 radical (unpaired) electrons. The number of carboxylic acid groups (broad SMARTS) is 1. The highest BCUT2D eigenvalue weighted by molar-refractivity contribution is 6.05. The zero-order valence-corrected chi connectivity index (χ0v) is 23.8. The second kappa shape index (κ2) is 11.8. The third-order valence-electron chi connectivity index (χ3n) is 6.60. The van der Waals surface area contributed by atoms with Gasteiger partial charge < -0.3 is 24.8 Å². The zero-order valence-electron chi connectivity index (χ0n) is 23.8. The van der Waals surface area contributed by atoms with Gasteiger partial charge in [-0.05, 0) is 64.3 Å². The number of carbonyl (C=O) groups is 2. The van der Waals surface area contributed by atoms with Gasteiger partial charge in [0.05, 0.1) is 37.1 Å². The van der Waals surface area contributed by atoms with Gasteiger partial charge in [-0.1, -0.05) is 24.8 Å². The Morgan fingerprint density at radius 2 is 1.98 bits per heavy atom. The number of hydrogen-bond donors (Lipinski definition) is 2. The number of aromatic nitrogens is 1. The van der Waals surface area contributed by atoms with Gasteiger partial charge in [-0.3, -0.25) is 9.69 Å². The summed E-state index contributed by atoms with van der Waals surface area (Å²) in [6.07, 6.45) is 4.20. The van der Waals surface area contributed by atoms with Crippen LogP contribution in [0.15, 0.2) is 59.5 Å². The lowest BCUT2D eigenvalue weighted by Gasteiger charge is -2.36. The smallest absolute Gasteiger partial charge is 0.415 e. The lowest BCUT2D eigenvalue weighted by molar-refractivity contribution is -0.136. The van der Waals surface area contributed by atoms with Crippen LogP contribution in [0.3, 0.4) is 0 Å². The molecule has 0 bridgehead atoms. The average molecular weight is 548 g/mol. The molecule has 1 saturated heterocycles. The molecule has 1 amide bonds. The first kappa shape index (κ1) is 28.7. The minimum absolute atomic E-state index is 0.0252. The van der Waals surface area contributed by atoms with Gasteiger partial charge in [-0.2, -0.15) is 0 Å². The Balaban J connectivity index is 1.55. The first-order valence-corrected chi connectivity index (χ1v) is 13.3. The van der Waals surface area contributed by atoms with E-state index in [1.165, 1.54) is 0 Å². The molecule has 10 nitrogen and oxygen atoms in total. The van der Waals surface area contributed by atoms with Gasteiger partial charge in [0.15, 0.2) is 0 Å². The fraction of sp³-hybridized carbons (Fsp3) is 0.400. The number of anilines is 3. The molecule has 2 aliphatic rings. The first-order chi connectivity index (χ1) is 18.9. The second-order valence-corrected chi connectivity index (χ2v) is 10.8. The number of nitrogens with zero attached hydrogens (tertiary/aromatic N) is 4. The molecule has 40 heavy (non-hydrogen) atoms. The summed E-state index contributed by atoms with van der Waals surface area (Å²) in [6.45, 7) is 15.6. The summed E-state index contributed by atoms with van der Waals surface area (Å²) < 4.78 is 11.4. The summed E-state index contributed by atoms with van der Waals surface area (Å²) in [5.41, 5.74) is 5.31. The van der Waals surface area contributed by atoms with Crippen LogP contribution in [0.2, 0.25) is 0 Å². The van der Waals surface area contributed by atoms with Gasteiger partial charge in [0.25, 0.3) is 0 Å². The topological polar surface area (TPSA) is 117 Å². The van der Waals surface area contributed by atoms with Crippen LogP contribution in [0, 0.1) is 6.92 Å². The van der Waals surface area contributed by atoms with E-state index in [0.717, 1.165) is 46.8 Å². The number of carbonyl (C=O) groups excluding carboxylic acids is 1. The Hall–Kier alpha value is -4.34. The minimum Gasteiger partial charge on any atom is -0.481 e. The molecule has 0 unspecified atom stereocenters. The van der Waals surface area contributed by atoms with Crippen molar-refractivity contribution in [3.05, 3.63) is 65.6 Å². The maximum atomic E-state index is 13.0. The molecule has 4 rings (SSSR count). The molecule has 0 aliphatic carbocycles. The summed E-state index contributed by atoms with van der Waals surface area (Å²) in [6, 6.07) is 7.17. The van der Waals surface area contributed by atoms with Gasteiger partial charge >= 0.3 is 12.1 Å². The maximum Gasteiger partial charge on any atom is 0.415 e. The highest BCUT2D eigenvalue weighted by Gasteiger charge is 2.33. The Morgan fingerprint density at radius 3 is 2.62 bits per heavy atom. The monoisotopic (exact) mass is 547 g/mol. The molecule has 0 atom stereocenters. The van der Waals surface area contributed by atoms with Crippen LogP contribution in [0.4, 0.5) is 21.9 Å². The summed E-state index contributed by atoms with van der Waals surface area (Å²) in [5.74, 6) is 0.0315. The number of hydrogen-bond acceptors (Lipinski definition) is 8. The van der Waals surface area contributed by atoms with Crippen molar-refractivity contribution in [3.63, 3.8) is 0 Å². The van der Waals surface area contributed by atoms with E-state index in [4.69, 9.17) is 19.6 Å². The van der Waals surface area contributed by atoms with Crippen molar-refractivity contribution in [1.29, 1.82) is 0 Å². The number of aliphatic carboxylic acids is 1. The van der Waals surface area contributed by atoms with Crippen LogP contribution in [-0.2, 0) is 16.0 Å². The van der Waals surface area contributed by atoms with Crippen molar-refractivity contribution in [2.75, 3.05) is 41.4 Å². The summed E-state index contributed by atoms with van der Waals surface area (Å²) in [5, 5.41) is 12.2. The number of benzene rings is 1. The van der Waals surface area contributed by atoms with Crippen LogP contribution >= 0.6 is 0 Å². The number of fused-ring (bicyclic) bond motifs is 1. The zero-order chi connectivity index (χ0) is 29.0. The number of allylic oxidation sites excluding steroid dienone is 1. The minimum atomic E-state index is -0.869. The standard InChI is InChI=1S/C30H37N5O5/c1-7-22-12-13-34(18-24(22)33-20(3)32-23-10-8-21(9-11-23)16-26(36)37)25-17-31-28-27(19(25)2)35(14-15-39-28)29(38)40-30(4,5)6/h7-11,17,32H,3,12-16,18H2,1-2,4-6H3,(H,36,37)/b22-7-,33-24-. The number of ether oxygens (including phenoxy) is 2. The van der Waals surface area contributed by atoms with Gasteiger partial charge in [0, 0.05) is 17.8 Å². The van der Waals surface area contributed by atoms with Crippen molar-refractivity contribution in [2.45, 2.75) is 53.1 Å². The van der Waals surface area contributed by atoms with Crippen LogP contribution in [0.1, 0.15) is 45.2 Å². The van der Waals surface area contributed by atoms with Gasteiger partial charge in [0.2, 0.25) is 5.88 Å². The highest BCUT2D eigenvalue weighted by atomic mass is 16.6. The van der Waals surface area contributed by atoms with E-state index in [1.54, 1.807) is 23.2 Å². The molecule has 2 aromatic rings. The third kappa shape index (κ3) is 6.80. The van der Waals surface area contributed by atoms with E-state index in [2.05, 4.69) is 27.9 Å². The molecule has 1 fully saturated rings. The van der Waals surface area contributed by atoms with Crippen molar-refractivity contribution < 1.29 is 24.2 Å². The van der Waals surface area contributed by atoms with E-state index in [1.807, 2.05) is 46.8 Å². The molecular formula is C30H37N5O5. The van der Waals surface area contributed by atoms with E-state index in [-0.39, 0.29) is 6.42 Å². The van der Waals surface area contributed by atoms with E-state index >= 15 is 0 Å². The molecule has 3 heterocycles. The molecular weight excluding hydrogens is 510 g/mol. The van der Waals surface area contributed by atoms with Gasteiger partial charge in [-0.15, -0.1) is 0 Å². The quantitative estimate of drug-likeness (QED) is 0.498. The van der Waals surface area contributed by atoms with Crippen LogP contribution in [0.25, 0.3) is 0 Å². The molecule has 1 aromatic heterocycles. The molecule has 10 heteroatoms. The number of piperidine rings is 1. The molecule has 0 saturated carbocycles. The van der Waals surface area contributed by atoms with E-state index in [9.17, 15) is 9.59 Å². The van der Waals surface area contributed by atoms with Gasteiger partial charge in [-0.25, -0.2) is 14.8 Å². The number of aliphatic imine (C=N–C) groups is 1. The Labute approximate surface area is 235 Å². The lowest BCUT2D eigenvalue weighted by atomic mass is 10.00. The van der Waals surface area contributed by atoms with Crippen LogP contribution in [-0.4, -0.2) is 59.7 Å². The lowest BCUT2D eigenvalue weighted by Crippen LogP contribution is -2.43. The van der Waals surface area contributed by atoms with Crippen molar-refractivity contribution in [2.24, 2.45) is 4.99 Å². The number of rotatable bonds is 6. The molecule has 2 aliphatic heterocycles. The summed E-state index contributed by atoms with van der Waals surface area (Å²) in [4.78, 5) is 37.1. The maximum absolute atomic E-state index is 13.0. The number of pyridine rings is 1. The summed E-state index contributed by atoms with van der Waals surface area (Å²) >= 11 is 0. The summed E-state index contributed by atoms with van der Waals surface area (Å²) in [7, 11) is 0. The Morgan fingerprint density at radius 1 is 1.25 bits per heavy atom. The number of amides is 1. The second-order valence-electron chi connectivity index (χ2n) is 10.8. The van der Waals surface area contributed by atoms with Crippen molar-refractivity contribution >= 4 is 34.8 Å². The van der Waals surface area contributed by atoms with Crippen LogP contribution < -0.4 is 19.9 Å². The Kier molecular flexibility index (Phi) is 8.46. The molecule has 0 spiro atoms. The fourth-order valence-corrected chi connectivity index (χ4v) is 4.77. The highest BCUT2D eigenvalue weighted by Crippen LogP contribution is 2.39. The first-order valence-electron chi connectivity index (χ1n) is 13.3. The largest absolute Gasteiger partial charge is 0.481 e. The normalized spacial score (nSPS) is 17.3. The van der Waals surface area contributed by atoms with E-state index < -0.39 is 17.7 Å². The van der Waals surface area contributed by atoms with Crippen molar-refractivity contribution in [1.82, 2.24) is 4.98 Å². The third-order valence-corrected chi connectivity index (χ3v) is 6.60. The van der Waals surface area contributed by atoms with Crippen LogP contribution in [0.5, 0.6) is 5.88 Å². The van der Waals surface area contributed by atoms with Crippen molar-refractivity contribution in [3.8, 4) is 5.88 Å². The predicted molar refractivity (Wildman–Crippen MR) is 157 cm³/mol. The fourth-order valence-electron chi connectivity index (χ4n) is 4.77.